The van der Waals surface area contributed by atoms with E-state index in [2.05, 4.69) is 32.6 Å². The van der Waals surface area contributed by atoms with Crippen molar-refractivity contribution in [3.63, 3.8) is 0 Å². The largest absolute Gasteiger partial charge is 0.352 e. The predicted molar refractivity (Wildman–Crippen MR) is 95.2 cm³/mol. The van der Waals surface area contributed by atoms with Crippen LogP contribution in [-0.2, 0) is 0 Å². The van der Waals surface area contributed by atoms with Crippen molar-refractivity contribution in [2.45, 2.75) is 6.04 Å². The summed E-state index contributed by atoms with van der Waals surface area (Å²) < 4.78 is 1.05. The van der Waals surface area contributed by atoms with E-state index in [1.165, 1.54) is 0 Å². The van der Waals surface area contributed by atoms with Gasteiger partial charge in [-0.05, 0) is 47.6 Å². The molecule has 0 unspecified atom stereocenters. The third-order valence-electron chi connectivity index (χ3n) is 3.26. The molecule has 1 aliphatic heterocycles. The monoisotopic (exact) mass is 378 g/mol. The normalized spacial score (nSPS) is 17.7. The third kappa shape index (κ3) is 3.28. The predicted octanol–water partition coefficient (Wildman–Crippen LogP) is 4.66. The molecule has 5 heteroatoms. The lowest BCUT2D eigenvalue weighted by atomic mass is 10.0. The first kappa shape index (κ1) is 14.6. The Morgan fingerprint density at radius 1 is 1.05 bits per heavy atom. The van der Waals surface area contributed by atoms with Gasteiger partial charge in [-0.15, -0.1) is 0 Å². The fourth-order valence-electron chi connectivity index (χ4n) is 2.24. The molecule has 1 atom stereocenters. The van der Waals surface area contributed by atoms with Gasteiger partial charge in [0.25, 0.3) is 0 Å². The summed E-state index contributed by atoms with van der Waals surface area (Å²) in [7, 11) is 0. The molecule has 0 fully saturated rings. The summed E-state index contributed by atoms with van der Waals surface area (Å²) in [5, 5.41) is 7.75. The Bertz CT molecular complexity index is 712. The lowest BCUT2D eigenvalue weighted by molar-refractivity contribution is 0.766. The molecule has 0 saturated carbocycles. The second kappa shape index (κ2) is 6.18. The van der Waals surface area contributed by atoms with E-state index >= 15 is 0 Å². The summed E-state index contributed by atoms with van der Waals surface area (Å²) in [5.41, 5.74) is 3.08. The molecule has 2 aromatic carbocycles. The highest BCUT2D eigenvalue weighted by Gasteiger charge is 2.20. The van der Waals surface area contributed by atoms with Crippen molar-refractivity contribution in [2.24, 2.45) is 0 Å². The summed E-state index contributed by atoms with van der Waals surface area (Å²) in [4.78, 5) is 0. The van der Waals surface area contributed by atoms with Crippen molar-refractivity contribution in [2.75, 3.05) is 0 Å². The fourth-order valence-corrected chi connectivity index (χ4v) is 3.00. The van der Waals surface area contributed by atoms with Gasteiger partial charge in [-0.2, -0.15) is 0 Å². The molecule has 0 aromatic heterocycles. The SMILES string of the molecule is S=C1NC(c2ccc(Br)cc2)=C[C@H](c2ccccc2Cl)N1. The van der Waals surface area contributed by atoms with E-state index < -0.39 is 0 Å². The van der Waals surface area contributed by atoms with Crippen LogP contribution in [0.25, 0.3) is 5.70 Å². The molecule has 106 valence electrons. The number of hydrogen-bond donors (Lipinski definition) is 2. The summed E-state index contributed by atoms with van der Waals surface area (Å²) >= 11 is 15.0. The van der Waals surface area contributed by atoms with Gasteiger partial charge in [-0.25, -0.2) is 0 Å². The molecule has 3 rings (SSSR count). The van der Waals surface area contributed by atoms with Crippen LogP contribution in [0.2, 0.25) is 5.02 Å². The minimum absolute atomic E-state index is 0.0360. The lowest BCUT2D eigenvalue weighted by Gasteiger charge is -2.26. The minimum Gasteiger partial charge on any atom is -0.352 e. The maximum absolute atomic E-state index is 6.28. The van der Waals surface area contributed by atoms with Crippen LogP contribution < -0.4 is 10.6 Å². The molecule has 1 aliphatic rings. The van der Waals surface area contributed by atoms with E-state index in [-0.39, 0.29) is 6.04 Å². The Kier molecular flexibility index (Phi) is 4.29. The Morgan fingerprint density at radius 3 is 2.48 bits per heavy atom. The van der Waals surface area contributed by atoms with Gasteiger partial charge in [0.1, 0.15) is 0 Å². The topological polar surface area (TPSA) is 24.1 Å². The van der Waals surface area contributed by atoms with Crippen LogP contribution in [-0.4, -0.2) is 5.11 Å². The Morgan fingerprint density at radius 2 is 1.76 bits per heavy atom. The van der Waals surface area contributed by atoms with E-state index in [0.717, 1.165) is 26.3 Å². The van der Waals surface area contributed by atoms with Crippen LogP contribution in [0.5, 0.6) is 0 Å². The number of hydrogen-bond acceptors (Lipinski definition) is 1. The molecule has 0 spiro atoms. The highest BCUT2D eigenvalue weighted by atomic mass is 79.9. The van der Waals surface area contributed by atoms with Gasteiger partial charge in [0.2, 0.25) is 0 Å². The molecule has 2 aromatic rings. The minimum atomic E-state index is -0.0360. The summed E-state index contributed by atoms with van der Waals surface area (Å²) in [6.07, 6.45) is 2.10. The van der Waals surface area contributed by atoms with Gasteiger partial charge in [0, 0.05) is 15.2 Å². The molecular weight excluding hydrogens is 368 g/mol. The molecule has 1 heterocycles. The van der Waals surface area contributed by atoms with E-state index in [9.17, 15) is 0 Å². The summed E-state index contributed by atoms with van der Waals surface area (Å²) in [6.45, 7) is 0. The second-order valence-electron chi connectivity index (χ2n) is 4.68. The maximum Gasteiger partial charge on any atom is 0.171 e. The highest BCUT2D eigenvalue weighted by molar-refractivity contribution is 9.10. The van der Waals surface area contributed by atoms with Gasteiger partial charge >= 0.3 is 0 Å². The number of benzene rings is 2. The van der Waals surface area contributed by atoms with Gasteiger partial charge in [-0.1, -0.05) is 57.9 Å². The number of nitrogens with one attached hydrogen (secondary N) is 2. The van der Waals surface area contributed by atoms with Crippen molar-refractivity contribution in [1.29, 1.82) is 0 Å². The van der Waals surface area contributed by atoms with Gasteiger partial charge in [-0.3, -0.25) is 0 Å². The number of rotatable bonds is 2. The van der Waals surface area contributed by atoms with E-state index in [1.807, 2.05) is 48.5 Å². The van der Waals surface area contributed by atoms with Crippen molar-refractivity contribution in [1.82, 2.24) is 10.6 Å². The molecule has 2 N–H and O–H groups in total. The van der Waals surface area contributed by atoms with Crippen LogP contribution in [0.1, 0.15) is 17.2 Å². The molecule has 0 aliphatic carbocycles. The Labute approximate surface area is 142 Å². The molecule has 0 bridgehead atoms. The summed E-state index contributed by atoms with van der Waals surface area (Å²) in [6, 6.07) is 15.8. The standard InChI is InChI=1S/C16H12BrClN2S/c17-11-7-5-10(6-8-11)14-9-15(20-16(21)19-14)12-3-1-2-4-13(12)18/h1-9,15H,(H2,19,20,21)/t15-/m1/s1. The first-order chi connectivity index (χ1) is 10.1. The number of halogens is 2. The molecule has 0 radical (unpaired) electrons. The third-order valence-corrected chi connectivity index (χ3v) is 4.36. The maximum atomic E-state index is 6.28. The average Bonchev–Trinajstić information content (AvgIpc) is 2.48. The highest BCUT2D eigenvalue weighted by Crippen LogP contribution is 2.28. The van der Waals surface area contributed by atoms with Gasteiger partial charge in [0.05, 0.1) is 6.04 Å². The molecule has 2 nitrogen and oxygen atoms in total. The fraction of sp³-hybridized carbons (Fsp3) is 0.0625. The van der Waals surface area contributed by atoms with Crippen molar-refractivity contribution in [3.8, 4) is 0 Å². The van der Waals surface area contributed by atoms with Gasteiger partial charge < -0.3 is 10.6 Å². The van der Waals surface area contributed by atoms with Crippen LogP contribution in [0, 0.1) is 0 Å². The zero-order valence-corrected chi connectivity index (χ0v) is 14.1. The van der Waals surface area contributed by atoms with E-state index in [0.29, 0.717) is 5.11 Å². The first-order valence-corrected chi connectivity index (χ1v) is 8.01. The van der Waals surface area contributed by atoms with E-state index in [4.69, 9.17) is 23.8 Å². The lowest BCUT2D eigenvalue weighted by Crippen LogP contribution is -2.40. The number of thiocarbonyl (C=S) groups is 1. The molecular formula is C16H12BrClN2S. The quantitative estimate of drug-likeness (QED) is 0.742. The zero-order valence-electron chi connectivity index (χ0n) is 10.9. The second-order valence-corrected chi connectivity index (χ2v) is 6.42. The van der Waals surface area contributed by atoms with Gasteiger partial charge in [0.15, 0.2) is 5.11 Å². The van der Waals surface area contributed by atoms with Crippen LogP contribution in [0.15, 0.2) is 59.1 Å². The van der Waals surface area contributed by atoms with E-state index in [1.54, 1.807) is 0 Å². The van der Waals surface area contributed by atoms with Crippen LogP contribution in [0.3, 0.4) is 0 Å². The first-order valence-electron chi connectivity index (χ1n) is 6.43. The summed E-state index contributed by atoms with van der Waals surface area (Å²) in [5.74, 6) is 0. The molecule has 0 saturated heterocycles. The van der Waals surface area contributed by atoms with Crippen LogP contribution in [0.4, 0.5) is 0 Å². The molecule has 0 amide bonds. The smallest absolute Gasteiger partial charge is 0.171 e. The van der Waals surface area contributed by atoms with Crippen molar-refractivity contribution in [3.05, 3.63) is 75.2 Å². The van der Waals surface area contributed by atoms with Crippen molar-refractivity contribution < 1.29 is 0 Å². The average molecular weight is 380 g/mol. The molecule has 21 heavy (non-hydrogen) atoms. The zero-order chi connectivity index (χ0) is 14.8. The van der Waals surface area contributed by atoms with Crippen molar-refractivity contribution >= 4 is 50.6 Å². The van der Waals surface area contributed by atoms with Crippen LogP contribution >= 0.6 is 39.7 Å². The Hall–Kier alpha value is -1.36. The Balaban J connectivity index is 1.99.